The number of nitrogens with zero attached hydrogens (tertiary/aromatic N) is 3. The molecule has 0 saturated heterocycles. The number of thiophene rings is 1. The van der Waals surface area contributed by atoms with Gasteiger partial charge in [-0.3, -0.25) is 0 Å². The van der Waals surface area contributed by atoms with Crippen LogP contribution in [-0.2, 0) is 0 Å². The first-order valence-electron chi connectivity index (χ1n) is 16.2. The number of benzene rings is 7. The molecule has 5 heteroatoms. The van der Waals surface area contributed by atoms with E-state index >= 15 is 0 Å². The van der Waals surface area contributed by atoms with Crippen LogP contribution in [0.2, 0.25) is 0 Å². The molecule has 12 rings (SSSR count). The molecule has 0 spiro atoms. The van der Waals surface area contributed by atoms with Gasteiger partial charge in [0.15, 0.2) is 0 Å². The summed E-state index contributed by atoms with van der Waals surface area (Å²) in [5.74, 6) is 0. The minimum atomic E-state index is 0.123. The van der Waals surface area contributed by atoms with Gasteiger partial charge in [-0.15, -0.1) is 11.3 Å². The van der Waals surface area contributed by atoms with E-state index in [1.165, 1.54) is 98.2 Å². The number of fused-ring (bicyclic) bond motifs is 8. The molecule has 3 aliphatic heterocycles. The van der Waals surface area contributed by atoms with Crippen molar-refractivity contribution in [2.75, 3.05) is 9.80 Å². The molecule has 3 nitrogen and oxygen atoms in total. The van der Waals surface area contributed by atoms with E-state index in [1.807, 2.05) is 11.3 Å². The van der Waals surface area contributed by atoms with E-state index in [0.29, 0.717) is 0 Å². The van der Waals surface area contributed by atoms with Crippen LogP contribution in [0, 0.1) is 0 Å². The number of aromatic nitrogens is 1. The lowest BCUT2D eigenvalue weighted by atomic mass is 9.32. The summed E-state index contributed by atoms with van der Waals surface area (Å²) >= 11 is 1.90. The van der Waals surface area contributed by atoms with Crippen molar-refractivity contribution in [2.45, 2.75) is 0 Å². The Morgan fingerprint density at radius 1 is 0.383 bits per heavy atom. The highest BCUT2D eigenvalue weighted by molar-refractivity contribution is 7.26. The fraction of sp³-hybridized carbons (Fsp3) is 0. The van der Waals surface area contributed by atoms with Gasteiger partial charge in [-0.25, -0.2) is 0 Å². The number of anilines is 6. The van der Waals surface area contributed by atoms with E-state index < -0.39 is 0 Å². The Morgan fingerprint density at radius 2 is 0.936 bits per heavy atom. The first-order valence-corrected chi connectivity index (χ1v) is 17.1. The molecule has 3 aliphatic rings. The van der Waals surface area contributed by atoms with Gasteiger partial charge in [0.2, 0.25) is 0 Å². The maximum absolute atomic E-state index is 2.63. The third kappa shape index (κ3) is 2.87. The first-order chi connectivity index (χ1) is 23.4. The quantitative estimate of drug-likeness (QED) is 0.180. The molecule has 2 aromatic heterocycles. The van der Waals surface area contributed by atoms with Crippen molar-refractivity contribution < 1.29 is 0 Å². The zero-order valence-corrected chi connectivity index (χ0v) is 26.0. The molecule has 0 atom stereocenters. The lowest BCUT2D eigenvalue weighted by molar-refractivity contribution is 1.17. The van der Waals surface area contributed by atoms with Crippen molar-refractivity contribution in [1.29, 1.82) is 0 Å². The van der Waals surface area contributed by atoms with Crippen LogP contribution in [-0.4, -0.2) is 11.3 Å². The zero-order chi connectivity index (χ0) is 30.4. The summed E-state index contributed by atoms with van der Waals surface area (Å²) in [5.41, 5.74) is 15.5. The smallest absolute Gasteiger partial charge is 0.257 e. The molecule has 216 valence electrons. The van der Waals surface area contributed by atoms with Crippen molar-refractivity contribution in [2.24, 2.45) is 0 Å². The second-order valence-corrected chi connectivity index (χ2v) is 13.9. The van der Waals surface area contributed by atoms with Gasteiger partial charge in [0, 0.05) is 70.8 Å². The van der Waals surface area contributed by atoms with Crippen LogP contribution in [0.3, 0.4) is 0 Å². The molecule has 5 heterocycles. The van der Waals surface area contributed by atoms with E-state index in [9.17, 15) is 0 Å². The van der Waals surface area contributed by atoms with Crippen LogP contribution in [0.5, 0.6) is 0 Å². The van der Waals surface area contributed by atoms with Crippen molar-refractivity contribution in [3.63, 3.8) is 0 Å². The van der Waals surface area contributed by atoms with Gasteiger partial charge in [0.1, 0.15) is 0 Å². The predicted molar refractivity (Wildman–Crippen MR) is 201 cm³/mol. The number of para-hydroxylation sites is 2. The Bertz CT molecular complexity index is 2800. The first kappa shape index (κ1) is 24.5. The maximum atomic E-state index is 2.63. The fourth-order valence-corrected chi connectivity index (χ4v) is 10.1. The normalized spacial score (nSPS) is 13.8. The summed E-state index contributed by atoms with van der Waals surface area (Å²) in [6.45, 7) is 0.123. The van der Waals surface area contributed by atoms with E-state index in [-0.39, 0.29) is 6.71 Å². The summed E-state index contributed by atoms with van der Waals surface area (Å²) < 4.78 is 5.30. The molecule has 47 heavy (non-hydrogen) atoms. The van der Waals surface area contributed by atoms with Gasteiger partial charge in [0.25, 0.3) is 6.71 Å². The van der Waals surface area contributed by atoms with Gasteiger partial charge in [0.05, 0.1) is 11.0 Å². The number of hydrogen-bond donors (Lipinski definition) is 0. The van der Waals surface area contributed by atoms with Crippen LogP contribution in [0.15, 0.2) is 146 Å². The Kier molecular flexibility index (Phi) is 4.43. The molecular formula is C42H24BN3S. The molecule has 0 amide bonds. The standard InChI is InChI=1S/C42H24BN3S/c1-3-11-25(12-4-1)44-30-16-9-17-31-38(30)43-39-32(44)18-10-19-33(39)46-41-27(22-24-36-37(41)29-15-7-8-20-35(29)47-36)28-21-23-34(40(43)42(28)46)45(31)26-13-5-2-6-14-26/h1-24H. The van der Waals surface area contributed by atoms with Crippen molar-refractivity contribution in [3.8, 4) is 5.69 Å². The zero-order valence-electron chi connectivity index (χ0n) is 25.2. The second kappa shape index (κ2) is 8.52. The highest BCUT2D eigenvalue weighted by Crippen LogP contribution is 2.49. The van der Waals surface area contributed by atoms with Gasteiger partial charge in [-0.1, -0.05) is 78.9 Å². The molecule has 0 bridgehead atoms. The SMILES string of the molecule is c1ccc(N2c3cccc4c3B3c5c2cccc5-n2c5c3c(ccc5c3ccc5sc6ccccc6c5c32)N4c2ccccc2)cc1. The van der Waals surface area contributed by atoms with Gasteiger partial charge >= 0.3 is 0 Å². The van der Waals surface area contributed by atoms with Crippen molar-refractivity contribution in [1.82, 2.24) is 4.57 Å². The van der Waals surface area contributed by atoms with Crippen molar-refractivity contribution in [3.05, 3.63) is 146 Å². The topological polar surface area (TPSA) is 11.4 Å². The van der Waals surface area contributed by atoms with Crippen LogP contribution < -0.4 is 26.2 Å². The summed E-state index contributed by atoms with van der Waals surface area (Å²) in [7, 11) is 0. The highest BCUT2D eigenvalue weighted by atomic mass is 32.1. The predicted octanol–water partition coefficient (Wildman–Crippen LogP) is 9.55. The highest BCUT2D eigenvalue weighted by Gasteiger charge is 2.48. The molecule has 0 unspecified atom stereocenters. The Labute approximate surface area is 275 Å². The van der Waals surface area contributed by atoms with Crippen LogP contribution in [0.25, 0.3) is 47.7 Å². The molecule has 0 fully saturated rings. The minimum Gasteiger partial charge on any atom is -0.311 e. The lowest BCUT2D eigenvalue weighted by Gasteiger charge is -2.46. The molecule has 7 aromatic carbocycles. The van der Waals surface area contributed by atoms with Gasteiger partial charge < -0.3 is 14.4 Å². The van der Waals surface area contributed by atoms with Crippen LogP contribution in [0.1, 0.15) is 0 Å². The average molecular weight is 614 g/mol. The Hall–Kier alpha value is -5.78. The largest absolute Gasteiger partial charge is 0.311 e. The molecule has 0 radical (unpaired) electrons. The van der Waals surface area contributed by atoms with E-state index in [1.54, 1.807) is 0 Å². The summed E-state index contributed by atoms with van der Waals surface area (Å²) in [4.78, 5) is 5.00. The summed E-state index contributed by atoms with van der Waals surface area (Å²) in [6, 6.07) is 54.0. The van der Waals surface area contributed by atoms with E-state index in [4.69, 9.17) is 0 Å². The van der Waals surface area contributed by atoms with E-state index in [2.05, 4.69) is 160 Å². The lowest BCUT2D eigenvalue weighted by Crippen LogP contribution is -2.64. The molecule has 0 N–H and O–H groups in total. The molecule has 0 saturated carbocycles. The van der Waals surface area contributed by atoms with Crippen LogP contribution >= 0.6 is 11.3 Å². The fourth-order valence-electron chi connectivity index (χ4n) is 8.99. The third-order valence-corrected chi connectivity index (χ3v) is 11.8. The maximum Gasteiger partial charge on any atom is 0.257 e. The summed E-state index contributed by atoms with van der Waals surface area (Å²) in [5, 5.41) is 5.34. The third-order valence-electron chi connectivity index (χ3n) is 10.7. The van der Waals surface area contributed by atoms with Crippen molar-refractivity contribution >= 4 is 111 Å². The second-order valence-electron chi connectivity index (χ2n) is 12.9. The molecular weight excluding hydrogens is 589 g/mol. The van der Waals surface area contributed by atoms with Crippen LogP contribution in [0.4, 0.5) is 34.1 Å². The monoisotopic (exact) mass is 613 g/mol. The average Bonchev–Trinajstić information content (AvgIpc) is 3.68. The summed E-state index contributed by atoms with van der Waals surface area (Å²) in [6.07, 6.45) is 0. The van der Waals surface area contributed by atoms with E-state index in [0.717, 1.165) is 0 Å². The number of rotatable bonds is 2. The number of hydrogen-bond acceptors (Lipinski definition) is 3. The Balaban J connectivity index is 1.33. The van der Waals surface area contributed by atoms with Gasteiger partial charge in [-0.05, 0) is 83.1 Å². The van der Waals surface area contributed by atoms with Gasteiger partial charge in [-0.2, -0.15) is 0 Å². The Morgan fingerprint density at radius 3 is 1.64 bits per heavy atom. The molecule has 0 aliphatic carbocycles. The molecule has 9 aromatic rings. The minimum absolute atomic E-state index is 0.123.